The normalized spacial score (nSPS) is 12.7. The number of rotatable bonds is 19. The summed E-state index contributed by atoms with van der Waals surface area (Å²) in [5.74, 6) is -4.01. The summed E-state index contributed by atoms with van der Waals surface area (Å²) in [6, 6.07) is -1.56. The van der Waals surface area contributed by atoms with Gasteiger partial charge in [0.25, 0.3) is 5.91 Å². The molecule has 1 unspecified atom stereocenters. The summed E-state index contributed by atoms with van der Waals surface area (Å²) in [6.45, 7) is 4.21. The van der Waals surface area contributed by atoms with E-state index in [1.54, 1.807) is 0 Å². The van der Waals surface area contributed by atoms with Crippen LogP contribution >= 0.6 is 0 Å². The molecule has 0 aromatic carbocycles. The standard InChI is InChI=1S/C22H39NO7/c1-3-5-7-9-10-11-13-15-20(26)30-18(14-12-8-6-4-2)21(27)23-17(22(28)29)16-19(24)25/h17-18H,3-16H2,1-2H3,(H,23,27)(H,24,25)(H,28,29)/t17-,18?/m0/s1. The number of amides is 1. The summed E-state index contributed by atoms with van der Waals surface area (Å²) in [6.07, 6.45) is 9.59. The zero-order valence-electron chi connectivity index (χ0n) is 18.5. The monoisotopic (exact) mass is 429 g/mol. The van der Waals surface area contributed by atoms with Crippen molar-refractivity contribution < 1.29 is 34.1 Å². The van der Waals surface area contributed by atoms with Gasteiger partial charge in [0.05, 0.1) is 6.42 Å². The highest BCUT2D eigenvalue weighted by molar-refractivity contribution is 5.89. The van der Waals surface area contributed by atoms with E-state index < -0.39 is 42.4 Å². The number of carboxylic acids is 2. The second-order valence-corrected chi connectivity index (χ2v) is 7.70. The molecule has 0 aliphatic carbocycles. The Morgan fingerprint density at radius 2 is 1.33 bits per heavy atom. The highest BCUT2D eigenvalue weighted by atomic mass is 16.5. The van der Waals surface area contributed by atoms with Crippen LogP contribution in [0.3, 0.4) is 0 Å². The average Bonchev–Trinajstić information content (AvgIpc) is 2.68. The van der Waals surface area contributed by atoms with E-state index in [0.29, 0.717) is 12.8 Å². The fourth-order valence-corrected chi connectivity index (χ4v) is 3.08. The van der Waals surface area contributed by atoms with Crippen molar-refractivity contribution in [1.29, 1.82) is 0 Å². The Morgan fingerprint density at radius 1 is 0.800 bits per heavy atom. The van der Waals surface area contributed by atoms with Gasteiger partial charge >= 0.3 is 17.9 Å². The Morgan fingerprint density at radius 3 is 1.87 bits per heavy atom. The third-order valence-corrected chi connectivity index (χ3v) is 4.86. The van der Waals surface area contributed by atoms with Crippen LogP contribution in [0.2, 0.25) is 0 Å². The number of carbonyl (C=O) groups is 4. The first kappa shape index (κ1) is 27.9. The van der Waals surface area contributed by atoms with E-state index in [0.717, 1.165) is 38.5 Å². The number of carbonyl (C=O) groups excluding carboxylic acids is 2. The molecule has 0 rings (SSSR count). The number of ether oxygens (including phenoxy) is 1. The van der Waals surface area contributed by atoms with Crippen molar-refractivity contribution in [2.24, 2.45) is 0 Å². The predicted octanol–water partition coefficient (Wildman–Crippen LogP) is 4.05. The van der Waals surface area contributed by atoms with Gasteiger partial charge in [-0.05, 0) is 19.3 Å². The molecule has 8 nitrogen and oxygen atoms in total. The molecule has 0 saturated carbocycles. The highest BCUT2D eigenvalue weighted by Gasteiger charge is 2.29. The van der Waals surface area contributed by atoms with Gasteiger partial charge in [-0.3, -0.25) is 14.4 Å². The molecule has 3 N–H and O–H groups in total. The second-order valence-electron chi connectivity index (χ2n) is 7.70. The van der Waals surface area contributed by atoms with Gasteiger partial charge in [0.1, 0.15) is 6.04 Å². The van der Waals surface area contributed by atoms with E-state index >= 15 is 0 Å². The maximum Gasteiger partial charge on any atom is 0.326 e. The first-order chi connectivity index (χ1) is 14.3. The Balaban J connectivity index is 4.62. The van der Waals surface area contributed by atoms with Gasteiger partial charge < -0.3 is 20.3 Å². The molecule has 0 radical (unpaired) electrons. The lowest BCUT2D eigenvalue weighted by Gasteiger charge is -2.20. The van der Waals surface area contributed by atoms with E-state index in [4.69, 9.17) is 14.9 Å². The highest BCUT2D eigenvalue weighted by Crippen LogP contribution is 2.13. The molecule has 1 amide bonds. The van der Waals surface area contributed by atoms with E-state index in [2.05, 4.69) is 19.2 Å². The molecule has 0 aliphatic rings. The van der Waals surface area contributed by atoms with Gasteiger partial charge in [-0.25, -0.2) is 4.79 Å². The fourth-order valence-electron chi connectivity index (χ4n) is 3.08. The Kier molecular flexibility index (Phi) is 16.5. The van der Waals surface area contributed by atoms with Crippen LogP contribution in [0.15, 0.2) is 0 Å². The zero-order valence-corrected chi connectivity index (χ0v) is 18.5. The summed E-state index contributed by atoms with van der Waals surface area (Å²) in [7, 11) is 0. The maximum absolute atomic E-state index is 12.5. The van der Waals surface area contributed by atoms with Crippen molar-refractivity contribution in [3.8, 4) is 0 Å². The molecule has 0 fully saturated rings. The zero-order chi connectivity index (χ0) is 22.8. The van der Waals surface area contributed by atoms with Gasteiger partial charge in [-0.2, -0.15) is 0 Å². The number of hydrogen-bond acceptors (Lipinski definition) is 5. The number of nitrogens with one attached hydrogen (secondary N) is 1. The van der Waals surface area contributed by atoms with E-state index in [-0.39, 0.29) is 12.8 Å². The van der Waals surface area contributed by atoms with Gasteiger partial charge in [0.15, 0.2) is 6.10 Å². The van der Waals surface area contributed by atoms with Gasteiger partial charge in [0, 0.05) is 6.42 Å². The molecule has 0 aromatic heterocycles. The SMILES string of the molecule is CCCCCCCCCC(=O)OC(CCCCCC)C(=O)N[C@@H](CC(=O)O)C(=O)O. The summed E-state index contributed by atoms with van der Waals surface area (Å²) in [4.78, 5) is 46.7. The number of unbranched alkanes of at least 4 members (excludes halogenated alkanes) is 9. The van der Waals surface area contributed by atoms with Crippen molar-refractivity contribution in [1.82, 2.24) is 5.32 Å². The molecule has 0 aromatic rings. The third-order valence-electron chi connectivity index (χ3n) is 4.86. The van der Waals surface area contributed by atoms with Crippen LogP contribution in [0.1, 0.15) is 104 Å². The summed E-state index contributed by atoms with van der Waals surface area (Å²) >= 11 is 0. The third kappa shape index (κ3) is 14.8. The summed E-state index contributed by atoms with van der Waals surface area (Å²) in [5, 5.41) is 20.1. The smallest absolute Gasteiger partial charge is 0.326 e. The molecule has 0 aliphatic heterocycles. The summed E-state index contributed by atoms with van der Waals surface area (Å²) < 4.78 is 5.33. The molecule has 2 atom stereocenters. The van der Waals surface area contributed by atoms with Gasteiger partial charge in [0.2, 0.25) is 0 Å². The Hall–Kier alpha value is -2.12. The first-order valence-corrected chi connectivity index (χ1v) is 11.3. The van der Waals surface area contributed by atoms with Crippen LogP contribution in [0.25, 0.3) is 0 Å². The minimum Gasteiger partial charge on any atom is -0.481 e. The van der Waals surface area contributed by atoms with Crippen LogP contribution in [0.4, 0.5) is 0 Å². The number of hydrogen-bond donors (Lipinski definition) is 3. The largest absolute Gasteiger partial charge is 0.481 e. The van der Waals surface area contributed by atoms with Crippen LogP contribution in [0, 0.1) is 0 Å². The van der Waals surface area contributed by atoms with E-state index in [1.807, 2.05) is 0 Å². The molecule has 0 spiro atoms. The molecular weight excluding hydrogens is 390 g/mol. The van der Waals surface area contributed by atoms with Crippen molar-refractivity contribution >= 4 is 23.8 Å². The van der Waals surface area contributed by atoms with Crippen LogP contribution in [-0.2, 0) is 23.9 Å². The van der Waals surface area contributed by atoms with Crippen LogP contribution in [0.5, 0.6) is 0 Å². The van der Waals surface area contributed by atoms with Crippen molar-refractivity contribution in [3.63, 3.8) is 0 Å². The number of esters is 1. The molecule has 30 heavy (non-hydrogen) atoms. The second kappa shape index (κ2) is 17.7. The lowest BCUT2D eigenvalue weighted by Crippen LogP contribution is -2.47. The summed E-state index contributed by atoms with van der Waals surface area (Å²) in [5.41, 5.74) is 0. The molecule has 0 saturated heterocycles. The average molecular weight is 430 g/mol. The molecule has 0 heterocycles. The van der Waals surface area contributed by atoms with E-state index in [1.165, 1.54) is 19.3 Å². The van der Waals surface area contributed by atoms with Crippen LogP contribution in [-0.4, -0.2) is 46.2 Å². The minimum absolute atomic E-state index is 0.212. The fraction of sp³-hybridized carbons (Fsp3) is 0.818. The number of aliphatic carboxylic acids is 2. The van der Waals surface area contributed by atoms with E-state index in [9.17, 15) is 19.2 Å². The molecule has 0 bridgehead atoms. The maximum atomic E-state index is 12.5. The molecular formula is C22H39NO7. The lowest BCUT2D eigenvalue weighted by molar-refractivity contribution is -0.158. The van der Waals surface area contributed by atoms with Gasteiger partial charge in [-0.15, -0.1) is 0 Å². The topological polar surface area (TPSA) is 130 Å². The van der Waals surface area contributed by atoms with Gasteiger partial charge in [-0.1, -0.05) is 71.6 Å². The van der Waals surface area contributed by atoms with Crippen molar-refractivity contribution in [3.05, 3.63) is 0 Å². The van der Waals surface area contributed by atoms with Crippen LogP contribution < -0.4 is 5.32 Å². The van der Waals surface area contributed by atoms with Crippen molar-refractivity contribution in [2.45, 2.75) is 116 Å². The Labute approximate surface area is 179 Å². The Bertz CT molecular complexity index is 522. The predicted molar refractivity (Wildman–Crippen MR) is 113 cm³/mol. The quantitative estimate of drug-likeness (QED) is 0.208. The lowest BCUT2D eigenvalue weighted by atomic mass is 10.1. The number of carboxylic acid groups (broad SMARTS) is 2. The first-order valence-electron chi connectivity index (χ1n) is 11.3. The minimum atomic E-state index is -1.56. The molecule has 174 valence electrons. The molecule has 8 heteroatoms. The van der Waals surface area contributed by atoms with Crippen molar-refractivity contribution in [2.75, 3.05) is 0 Å².